The molecule has 2 bridgehead atoms. The van der Waals surface area contributed by atoms with E-state index in [-0.39, 0.29) is 42.1 Å². The Kier molecular flexibility index (Phi) is 10.0. The number of nitrogens with zero attached hydrogens (tertiary/aromatic N) is 4. The van der Waals surface area contributed by atoms with E-state index in [9.17, 15) is 14.9 Å². The minimum atomic E-state index is -0.592. The summed E-state index contributed by atoms with van der Waals surface area (Å²) in [5.41, 5.74) is 0.887. The first-order valence-corrected chi connectivity index (χ1v) is 18.0. The highest BCUT2D eigenvalue weighted by Crippen LogP contribution is 2.65. The number of likely N-dealkylation sites (N-methyl/N-ethyl adjacent to an activating group) is 1. The van der Waals surface area contributed by atoms with Crippen LogP contribution in [0.3, 0.4) is 0 Å². The summed E-state index contributed by atoms with van der Waals surface area (Å²) in [6.45, 7) is 15.9. The monoisotopic (exact) mass is 661 g/mol. The molecule has 6 atom stereocenters. The molecule has 11 heteroatoms. The first-order valence-electron chi connectivity index (χ1n) is 18.0. The summed E-state index contributed by atoms with van der Waals surface area (Å²) in [7, 11) is 1.54. The number of nitriles is 1. The van der Waals surface area contributed by atoms with Crippen LogP contribution < -0.4 is 5.32 Å². The summed E-state index contributed by atoms with van der Waals surface area (Å²) in [6, 6.07) is 12.2. The van der Waals surface area contributed by atoms with Gasteiger partial charge in [0.25, 0.3) is 5.91 Å². The van der Waals surface area contributed by atoms with Gasteiger partial charge in [-0.15, -0.1) is 0 Å². The summed E-state index contributed by atoms with van der Waals surface area (Å²) in [4.78, 5) is 33.4. The number of likely N-dealkylation sites (tertiary alicyclic amines) is 1. The van der Waals surface area contributed by atoms with Crippen molar-refractivity contribution in [2.45, 2.75) is 102 Å². The molecule has 262 valence electrons. The van der Waals surface area contributed by atoms with E-state index in [2.05, 4.69) is 62.9 Å². The second-order valence-corrected chi connectivity index (χ2v) is 16.2. The van der Waals surface area contributed by atoms with E-state index in [1.54, 1.807) is 11.0 Å². The first-order chi connectivity index (χ1) is 22.8. The quantitative estimate of drug-likeness (QED) is 0.231. The number of carbonyl (C=O) groups is 2. The molecule has 1 N–H and O–H groups in total. The lowest BCUT2D eigenvalue weighted by Gasteiger charge is -2.64. The normalized spacial score (nSPS) is 31.3. The molecule has 0 aromatic heterocycles. The molecule has 6 fully saturated rings. The number of hydrogen-bond donors (Lipinski definition) is 1. The fraction of sp³-hybridized carbons (Fsp3) is 0.703. The van der Waals surface area contributed by atoms with Crippen LogP contribution in [-0.2, 0) is 25.3 Å². The molecule has 0 spiro atoms. The molecular weight excluding hydrogens is 605 g/mol. The number of carbonyl (C=O) groups excluding carboxylic acids is 2. The zero-order valence-electron chi connectivity index (χ0n) is 29.7. The molecule has 6 aliphatic rings. The van der Waals surface area contributed by atoms with Crippen molar-refractivity contribution in [1.82, 2.24) is 20.0 Å². The van der Waals surface area contributed by atoms with Crippen molar-refractivity contribution in [3.63, 3.8) is 0 Å². The van der Waals surface area contributed by atoms with Crippen molar-refractivity contribution in [2.24, 2.45) is 17.3 Å². The fourth-order valence-corrected chi connectivity index (χ4v) is 8.95. The maximum Gasteiger partial charge on any atom is 0.482 e. The van der Waals surface area contributed by atoms with Crippen molar-refractivity contribution in [3.05, 3.63) is 47.5 Å². The van der Waals surface area contributed by atoms with Gasteiger partial charge in [-0.3, -0.25) is 9.69 Å². The first kappa shape index (κ1) is 34.9. The molecule has 2 unspecified atom stereocenters. The van der Waals surface area contributed by atoms with Crippen LogP contribution in [0.25, 0.3) is 0 Å². The third-order valence-electron chi connectivity index (χ3n) is 12.4. The SMILES string of the molecule is CN1CCN(C(C)(C)CC=C(C#N)C(=O)N2CCC[C@H](OC(=O)N[C@@H](Cc3ccccc3)B3O[C@@H]4CC5CC(C5(C)C)[C@]4(C)O3)C2)CC1.[HH]. The van der Waals surface area contributed by atoms with E-state index in [0.29, 0.717) is 44.1 Å². The summed E-state index contributed by atoms with van der Waals surface area (Å²) in [6.07, 6.45) is 5.38. The minimum Gasteiger partial charge on any atom is -0.444 e. The molecule has 10 nitrogen and oxygen atoms in total. The number of benzene rings is 1. The van der Waals surface area contributed by atoms with Crippen LogP contribution >= 0.6 is 0 Å². The summed E-state index contributed by atoms with van der Waals surface area (Å²) < 4.78 is 19.3. The highest BCUT2D eigenvalue weighted by atomic mass is 16.7. The minimum absolute atomic E-state index is 0. The van der Waals surface area contributed by atoms with Crippen LogP contribution in [0.5, 0.6) is 0 Å². The highest BCUT2D eigenvalue weighted by molar-refractivity contribution is 6.47. The molecule has 3 aliphatic heterocycles. The van der Waals surface area contributed by atoms with Crippen molar-refractivity contribution in [3.8, 4) is 6.07 Å². The Morgan fingerprint density at radius 1 is 1.17 bits per heavy atom. The maximum atomic E-state index is 13.5. The average molecular weight is 662 g/mol. The predicted octanol–water partition coefficient (Wildman–Crippen LogP) is 4.69. The van der Waals surface area contributed by atoms with Crippen LogP contribution in [-0.4, -0.2) is 109 Å². The molecule has 7 rings (SSSR count). The number of piperidine rings is 1. The molecule has 1 aromatic rings. The number of piperazine rings is 1. The standard InChI is InChI=1S/C37H54BN5O5.H2/c1-35(2,43-19-17-41(6)18-20-43)15-14-27(24-39)33(44)42-16-10-13-29(25-42)46-34(45)40-32(21-26-11-8-7-9-12-26)38-47-31-23-28-22-30(36(28,3)4)37(31,5)48-38;/h7-9,11-12,14,28-32H,10,13,15-23,25H2,1-6H3,(H,40,45);1H/t28?,29-,30?,31+,32-,37-;/m0./s1. The van der Waals surface area contributed by atoms with Crippen LogP contribution in [0.2, 0.25) is 0 Å². The van der Waals surface area contributed by atoms with Gasteiger partial charge in [0.05, 0.1) is 24.2 Å². The number of hydrogen-bond acceptors (Lipinski definition) is 8. The second-order valence-electron chi connectivity index (χ2n) is 16.2. The van der Waals surface area contributed by atoms with Crippen molar-refractivity contribution in [2.75, 3.05) is 46.3 Å². The summed E-state index contributed by atoms with van der Waals surface area (Å²) in [5, 5.41) is 13.0. The Labute approximate surface area is 288 Å². The predicted molar refractivity (Wildman–Crippen MR) is 187 cm³/mol. The van der Waals surface area contributed by atoms with Crippen molar-refractivity contribution in [1.29, 1.82) is 5.26 Å². The van der Waals surface area contributed by atoms with Gasteiger partial charge in [0.1, 0.15) is 17.7 Å². The molecule has 1 aromatic carbocycles. The zero-order valence-corrected chi connectivity index (χ0v) is 29.7. The number of amides is 2. The molecule has 3 aliphatic carbocycles. The van der Waals surface area contributed by atoms with E-state index in [0.717, 1.165) is 44.6 Å². The van der Waals surface area contributed by atoms with Gasteiger partial charge in [-0.25, -0.2) is 4.79 Å². The van der Waals surface area contributed by atoms with Gasteiger partial charge in [-0.2, -0.15) is 5.26 Å². The van der Waals surface area contributed by atoms with Crippen molar-refractivity contribution < 1.29 is 25.1 Å². The third kappa shape index (κ3) is 7.05. The van der Waals surface area contributed by atoms with Crippen LogP contribution in [0.1, 0.15) is 73.7 Å². The van der Waals surface area contributed by atoms with E-state index in [4.69, 9.17) is 14.0 Å². The average Bonchev–Trinajstić information content (AvgIpc) is 3.42. The Bertz CT molecular complexity index is 1410. The number of rotatable bonds is 9. The van der Waals surface area contributed by atoms with E-state index in [1.807, 2.05) is 30.3 Å². The smallest absolute Gasteiger partial charge is 0.444 e. The van der Waals surface area contributed by atoms with Gasteiger partial charge < -0.3 is 29.2 Å². The molecule has 0 radical (unpaired) electrons. The van der Waals surface area contributed by atoms with Gasteiger partial charge in [0.2, 0.25) is 0 Å². The summed E-state index contributed by atoms with van der Waals surface area (Å²) >= 11 is 0. The van der Waals surface area contributed by atoms with Crippen LogP contribution in [0, 0.1) is 28.6 Å². The number of nitrogens with one attached hydrogen (secondary N) is 1. The molecule has 3 saturated carbocycles. The van der Waals surface area contributed by atoms with Crippen LogP contribution in [0.15, 0.2) is 42.0 Å². The number of alkyl carbamates (subject to hydrolysis) is 1. The Balaban J connectivity index is 0.00000468. The van der Waals surface area contributed by atoms with Gasteiger partial charge in [-0.05, 0) is 89.2 Å². The van der Waals surface area contributed by atoms with Gasteiger partial charge in [-0.1, -0.05) is 50.3 Å². The third-order valence-corrected chi connectivity index (χ3v) is 12.4. The Morgan fingerprint density at radius 3 is 2.58 bits per heavy atom. The molecule has 3 heterocycles. The van der Waals surface area contributed by atoms with Gasteiger partial charge >= 0.3 is 13.2 Å². The Morgan fingerprint density at radius 2 is 1.90 bits per heavy atom. The van der Waals surface area contributed by atoms with Crippen molar-refractivity contribution >= 4 is 19.1 Å². The Hall–Kier alpha value is -2.91. The lowest BCUT2D eigenvalue weighted by molar-refractivity contribution is -0.199. The topological polar surface area (TPSA) is 107 Å². The van der Waals surface area contributed by atoms with Crippen LogP contribution in [0.4, 0.5) is 4.79 Å². The fourth-order valence-electron chi connectivity index (χ4n) is 8.95. The summed E-state index contributed by atoms with van der Waals surface area (Å²) in [5.74, 6) is 0.303. The maximum absolute atomic E-state index is 13.5. The zero-order chi connectivity index (χ0) is 34.3. The van der Waals surface area contributed by atoms with E-state index >= 15 is 0 Å². The van der Waals surface area contributed by atoms with E-state index in [1.165, 1.54) is 0 Å². The van der Waals surface area contributed by atoms with Gasteiger partial charge in [0.15, 0.2) is 0 Å². The van der Waals surface area contributed by atoms with Gasteiger partial charge in [0, 0.05) is 39.7 Å². The molecule has 48 heavy (non-hydrogen) atoms. The lowest BCUT2D eigenvalue weighted by atomic mass is 9.43. The molecule has 2 amide bonds. The largest absolute Gasteiger partial charge is 0.482 e. The second kappa shape index (κ2) is 13.8. The molecular formula is C37H56BN5O5. The highest BCUT2D eigenvalue weighted by Gasteiger charge is 2.68. The lowest BCUT2D eigenvalue weighted by Crippen LogP contribution is -2.65. The van der Waals surface area contributed by atoms with E-state index < -0.39 is 25.3 Å². The molecule has 3 saturated heterocycles. The number of ether oxygens (including phenoxy) is 1.